The molecule has 0 unspecified atom stereocenters. The lowest BCUT2D eigenvalue weighted by molar-refractivity contribution is 1.18. The SMILES string of the molecule is [2H]c1c([2H])c([2H])c(-n2c3c([2H])c([2H])c([2H])c([2H])c3c3c([2H])c(-c4c([2H])c([2H])c(-c5c([2H])c([2H])c6c([2H])c([2H])c7c([2H])c([2H])c([2H])c8c([2H])c([2H])c5c6c78)c([2H])c4-c4c([2H])c([2H])c5c([2H])c([2H])c6c([2H])c([2H])c([2H])c7c([2H])c([2H])c4c5c67)c([2H])c([2H])c32)c([2H])c1[2H].[2H]c1c([2H])c2c([2H])c([2H])c3c([2H])c([2H])c(-c4ccc(-c5ccc6c(c5)c5ccccc5n6-c5ccccc5)c(-c5c([2H])c([2H])c6c([2H])c([2H])c7c([2H])c([2H])c([2H])c8c([2H])c([2H])c5c6c78)c4)c4c([2H])c([2H])c(c1[2H])c2c34. The summed E-state index contributed by atoms with van der Waals surface area (Å²) in [7, 11) is 0. The second-order valence-electron chi connectivity index (χ2n) is 27.2. The van der Waals surface area contributed by atoms with E-state index < -0.39 is 428 Å². The second-order valence-corrected chi connectivity index (χ2v) is 27.2. The van der Waals surface area contributed by atoms with Crippen LogP contribution >= 0.6 is 0 Å². The minimum atomic E-state index is -1.25. The van der Waals surface area contributed by atoms with Crippen molar-refractivity contribution >= 4 is 173 Å². The Morgan fingerprint density at radius 1 is 0.167 bits per heavy atom. The first-order valence-electron chi connectivity index (χ1n) is 61.1. The fourth-order valence-electron chi connectivity index (χ4n) is 16.3. The molecule has 0 N–H and O–H groups in total. The van der Waals surface area contributed by atoms with Crippen molar-refractivity contribution in [1.82, 2.24) is 9.13 Å². The van der Waals surface area contributed by atoms with E-state index in [0.29, 0.717) is 15.7 Å². The molecule has 0 bridgehead atoms. The average molecular weight is 1490 g/mol. The Hall–Kier alpha value is -15.0. The van der Waals surface area contributed by atoms with Gasteiger partial charge in [0, 0.05) is 32.9 Å². The van der Waals surface area contributed by atoms with Crippen molar-refractivity contribution < 1.29 is 69.9 Å². The Balaban J connectivity index is 0.000000169. The molecular formula is C112H66N2. The van der Waals surface area contributed by atoms with Crippen LogP contribution in [0.25, 0.3) is 251 Å². The lowest BCUT2D eigenvalue weighted by atomic mass is 9.84. The molecule has 0 aliphatic rings. The first-order valence-corrected chi connectivity index (χ1v) is 35.6. The Kier molecular flexibility index (Phi) is 6.69. The van der Waals surface area contributed by atoms with Crippen molar-refractivity contribution in [2.75, 3.05) is 0 Å². The lowest BCUT2D eigenvalue weighted by Gasteiger charge is -2.19. The van der Waals surface area contributed by atoms with Gasteiger partial charge in [-0.15, -0.1) is 0 Å². The second kappa shape index (κ2) is 24.3. The van der Waals surface area contributed by atoms with Crippen molar-refractivity contribution in [1.29, 1.82) is 0 Å². The van der Waals surface area contributed by atoms with Gasteiger partial charge in [-0.2, -0.15) is 0 Å². The standard InChI is InChI=1S/2C56H33N/c2*1-2-12-42(13-3-1)57-51-15-5-4-14-46(51)50-33-41(25-31-52(50)57)44-27-24-40(43-26-20-38-18-16-34-8-6-10-36-22-29-47(43)55(38)53(34)36)32-49(44)45-28-21-39-19-17-35-9-7-11-37-23-30-48(45)56(39)54(35)37/h2*1-33H/i1D,2D,3D,4D,5D,6D,7D,8D,9D,10D,11D,12D,13D,14D,15D,16D,17D,18D,19D,20D,21D,22D,23D,24D,25D,26D,27D,28D,29D,30D,31D,32D,33D;6D,7D,8D,9D,10D,11D,16D,17D,18D,19D,20D,21D,22D,23D,26D,28D,29D,30D. The molecule has 0 saturated carbocycles. The van der Waals surface area contributed by atoms with Gasteiger partial charge in [0.25, 0.3) is 0 Å². The fourth-order valence-corrected chi connectivity index (χ4v) is 16.3. The van der Waals surface area contributed by atoms with Crippen LogP contribution < -0.4 is 0 Å². The molecule has 0 atom stereocenters. The molecule has 24 aromatic carbocycles. The average Bonchev–Trinajstić information content (AvgIpc) is 1.29. The summed E-state index contributed by atoms with van der Waals surface area (Å²) in [6.45, 7) is 0. The molecule has 524 valence electrons. The summed E-state index contributed by atoms with van der Waals surface area (Å²) in [4.78, 5) is 0. The van der Waals surface area contributed by atoms with Gasteiger partial charge in [-0.25, -0.2) is 0 Å². The molecule has 114 heavy (non-hydrogen) atoms. The van der Waals surface area contributed by atoms with Crippen molar-refractivity contribution in [2.24, 2.45) is 0 Å². The van der Waals surface area contributed by atoms with Gasteiger partial charge in [0.2, 0.25) is 0 Å². The molecule has 2 heteroatoms. The largest absolute Gasteiger partial charge is 0.309 e. The summed E-state index contributed by atoms with van der Waals surface area (Å²) in [5, 5.41) is -7.69. The van der Waals surface area contributed by atoms with Crippen LogP contribution in [0.4, 0.5) is 0 Å². The van der Waals surface area contributed by atoms with Crippen molar-refractivity contribution in [3.05, 3.63) is 399 Å². The number of hydrogen-bond acceptors (Lipinski definition) is 0. The topological polar surface area (TPSA) is 9.86 Å². The predicted molar refractivity (Wildman–Crippen MR) is 489 cm³/mol. The van der Waals surface area contributed by atoms with Crippen molar-refractivity contribution in [3.63, 3.8) is 0 Å². The number of hydrogen-bond donors (Lipinski definition) is 0. The summed E-state index contributed by atoms with van der Waals surface area (Å²) in [5.41, 5.74) is -4.27. The van der Waals surface area contributed by atoms with Gasteiger partial charge < -0.3 is 9.13 Å². The van der Waals surface area contributed by atoms with Gasteiger partial charge in [-0.3, -0.25) is 0 Å². The van der Waals surface area contributed by atoms with Gasteiger partial charge in [-0.1, -0.05) is 327 Å². The number of aromatic nitrogens is 2. The molecule has 26 rings (SSSR count). The smallest absolute Gasteiger partial charge is 0.0645 e. The normalized spacial score (nSPS) is 18.5. The predicted octanol–water partition coefficient (Wildman–Crippen LogP) is 31.2. The Labute approximate surface area is 727 Å². The van der Waals surface area contributed by atoms with Crippen LogP contribution in [0, 0.1) is 0 Å². The minimum Gasteiger partial charge on any atom is -0.309 e. The molecule has 2 heterocycles. The third kappa shape index (κ3) is 9.25. The van der Waals surface area contributed by atoms with E-state index in [4.69, 9.17) is 34.3 Å². The van der Waals surface area contributed by atoms with E-state index in [1.807, 2.05) is 72.8 Å². The number of benzene rings is 24. The highest BCUT2D eigenvalue weighted by Crippen LogP contribution is 2.50. The molecule has 0 aliphatic heterocycles. The van der Waals surface area contributed by atoms with Crippen LogP contribution in [0.5, 0.6) is 0 Å². The molecule has 26 aromatic rings. The molecule has 0 amide bonds. The molecule has 0 radical (unpaired) electrons. The van der Waals surface area contributed by atoms with Crippen LogP contribution in [0.1, 0.15) is 69.9 Å². The van der Waals surface area contributed by atoms with Gasteiger partial charge in [0.15, 0.2) is 0 Å². The van der Waals surface area contributed by atoms with Crippen LogP contribution in [0.2, 0.25) is 0 Å². The molecule has 0 spiro atoms. The van der Waals surface area contributed by atoms with E-state index in [2.05, 4.69) is 4.57 Å². The summed E-state index contributed by atoms with van der Waals surface area (Å²) in [5.74, 6) is 0. The molecule has 0 fully saturated rings. The summed E-state index contributed by atoms with van der Waals surface area (Å²) >= 11 is 0. The Morgan fingerprint density at radius 3 is 1.12 bits per heavy atom. The lowest BCUT2D eigenvalue weighted by Crippen LogP contribution is -1.93. The number of nitrogens with zero attached hydrogens (tertiary/aromatic N) is 2. The summed E-state index contributed by atoms with van der Waals surface area (Å²) in [6, 6.07) is -13.1. The Morgan fingerprint density at radius 2 is 0.561 bits per heavy atom. The highest BCUT2D eigenvalue weighted by atomic mass is 15.0. The van der Waals surface area contributed by atoms with Crippen LogP contribution in [-0.4, -0.2) is 9.13 Å². The van der Waals surface area contributed by atoms with E-state index in [0.717, 1.165) is 27.5 Å². The minimum absolute atomic E-state index is 0.0177. The van der Waals surface area contributed by atoms with E-state index in [9.17, 15) is 35.6 Å². The zero-order chi connectivity index (χ0) is 119. The zero-order valence-corrected chi connectivity index (χ0v) is 58.1. The number of fused-ring (bicyclic) bond motifs is 6. The van der Waals surface area contributed by atoms with Gasteiger partial charge >= 0.3 is 0 Å². The van der Waals surface area contributed by atoms with Crippen LogP contribution in [0.15, 0.2) is 399 Å². The monoisotopic (exact) mass is 1490 g/mol. The maximum absolute atomic E-state index is 10.6. The fraction of sp³-hybridized carbons (Fsp3) is 0. The number of rotatable bonds is 8. The van der Waals surface area contributed by atoms with Gasteiger partial charge in [-0.05, 0) is 269 Å². The maximum atomic E-state index is 10.6. The highest BCUT2D eigenvalue weighted by molar-refractivity contribution is 6.30. The molecule has 2 nitrogen and oxygen atoms in total. The maximum Gasteiger partial charge on any atom is 0.0645 e. The highest BCUT2D eigenvalue weighted by Gasteiger charge is 2.24. The first-order chi connectivity index (χ1) is 77.8. The van der Waals surface area contributed by atoms with Crippen molar-refractivity contribution in [2.45, 2.75) is 0 Å². The van der Waals surface area contributed by atoms with E-state index in [1.165, 1.54) is 0 Å². The van der Waals surface area contributed by atoms with E-state index >= 15 is 0 Å². The van der Waals surface area contributed by atoms with Crippen LogP contribution in [0.3, 0.4) is 0 Å². The quantitative estimate of drug-likeness (QED) is 0.134. The summed E-state index contributed by atoms with van der Waals surface area (Å²) in [6.07, 6.45) is 0. The molecule has 2 aromatic heterocycles. The molecule has 0 saturated heterocycles. The summed E-state index contributed by atoms with van der Waals surface area (Å²) < 4.78 is 476. The molecule has 0 aliphatic carbocycles. The first kappa shape index (κ1) is 31.4. The zero-order valence-electron chi connectivity index (χ0n) is 109. The number of para-hydroxylation sites is 4. The van der Waals surface area contributed by atoms with Crippen molar-refractivity contribution in [3.8, 4) is 78.1 Å². The third-order valence-electron chi connectivity index (χ3n) is 21.3. The van der Waals surface area contributed by atoms with Gasteiger partial charge in [0.1, 0.15) is 0 Å². The van der Waals surface area contributed by atoms with E-state index in [1.54, 1.807) is 18.2 Å². The van der Waals surface area contributed by atoms with Gasteiger partial charge in [0.05, 0.1) is 92.0 Å². The van der Waals surface area contributed by atoms with E-state index in [-0.39, 0.29) is 92.3 Å². The Bertz CT molecular complexity index is 11700. The third-order valence-corrected chi connectivity index (χ3v) is 21.3. The van der Waals surface area contributed by atoms with Crippen LogP contribution in [-0.2, 0) is 0 Å². The molecular weight excluding hydrogens is 1370 g/mol.